The van der Waals surface area contributed by atoms with Crippen molar-refractivity contribution in [3.63, 3.8) is 0 Å². The molecule has 94 valence electrons. The van der Waals surface area contributed by atoms with Gasteiger partial charge in [-0.1, -0.05) is 19.1 Å². The van der Waals surface area contributed by atoms with Crippen LogP contribution < -0.4 is 0 Å². The molecule has 0 bridgehead atoms. The van der Waals surface area contributed by atoms with Gasteiger partial charge in [0.2, 0.25) is 0 Å². The molecular weight excluding hydrogens is 240 g/mol. The molecule has 1 rings (SSSR count). The fraction of sp³-hybridized carbons (Fsp3) is 0.417. The van der Waals surface area contributed by atoms with Crippen molar-refractivity contribution in [3.8, 4) is 0 Å². The Kier molecular flexibility index (Phi) is 3.93. The number of benzene rings is 1. The zero-order chi connectivity index (χ0) is 13.2. The van der Waals surface area contributed by atoms with Gasteiger partial charge in [-0.05, 0) is 30.5 Å². The van der Waals surface area contributed by atoms with Crippen LogP contribution in [0.2, 0.25) is 0 Å². The molecule has 17 heavy (non-hydrogen) atoms. The van der Waals surface area contributed by atoms with Gasteiger partial charge >= 0.3 is 5.97 Å². The second-order valence-electron chi connectivity index (χ2n) is 4.33. The van der Waals surface area contributed by atoms with Crippen molar-refractivity contribution < 1.29 is 18.3 Å². The summed E-state index contributed by atoms with van der Waals surface area (Å²) in [5, 5.41) is 8.84. The van der Waals surface area contributed by atoms with E-state index in [1.807, 2.05) is 0 Å². The Bertz CT molecular complexity index is 531. The predicted octanol–water partition coefficient (Wildman–Crippen LogP) is 1.66. The molecule has 0 heterocycles. The van der Waals surface area contributed by atoms with Crippen LogP contribution in [0.4, 0.5) is 0 Å². The first-order valence-electron chi connectivity index (χ1n) is 5.24. The van der Waals surface area contributed by atoms with Gasteiger partial charge in [-0.15, -0.1) is 0 Å². The maximum atomic E-state index is 11.6. The molecular formula is C12H16O4S. The van der Waals surface area contributed by atoms with Crippen LogP contribution in [-0.2, 0) is 21.1 Å². The third-order valence-electron chi connectivity index (χ3n) is 2.57. The van der Waals surface area contributed by atoms with E-state index in [4.69, 9.17) is 5.11 Å². The van der Waals surface area contributed by atoms with Crippen LogP contribution in [0.3, 0.4) is 0 Å². The largest absolute Gasteiger partial charge is 0.481 e. The smallest absolute Gasteiger partial charge is 0.306 e. The lowest BCUT2D eigenvalue weighted by molar-refractivity contribution is -0.141. The first-order chi connectivity index (χ1) is 7.71. The molecule has 0 aliphatic carbocycles. The summed E-state index contributed by atoms with van der Waals surface area (Å²) in [6.07, 6.45) is 1.36. The zero-order valence-corrected chi connectivity index (χ0v) is 10.9. The van der Waals surface area contributed by atoms with E-state index in [0.717, 1.165) is 11.8 Å². The highest BCUT2D eigenvalue weighted by atomic mass is 32.2. The molecule has 1 unspecified atom stereocenters. The van der Waals surface area contributed by atoms with Crippen molar-refractivity contribution in [3.05, 3.63) is 29.3 Å². The van der Waals surface area contributed by atoms with E-state index in [1.165, 1.54) is 0 Å². The summed E-state index contributed by atoms with van der Waals surface area (Å²) in [6.45, 7) is 3.37. The number of sulfone groups is 1. The lowest BCUT2D eigenvalue weighted by atomic mass is 10.0. The second kappa shape index (κ2) is 4.87. The van der Waals surface area contributed by atoms with Crippen LogP contribution in [0.1, 0.15) is 18.1 Å². The lowest BCUT2D eigenvalue weighted by Gasteiger charge is -2.11. The second-order valence-corrected chi connectivity index (χ2v) is 6.31. The van der Waals surface area contributed by atoms with Gasteiger partial charge in [0.15, 0.2) is 9.84 Å². The summed E-state index contributed by atoms with van der Waals surface area (Å²) in [5.74, 6) is -1.52. The number of aryl methyl sites for hydroxylation is 1. The fourth-order valence-electron chi connectivity index (χ4n) is 1.59. The normalized spacial score (nSPS) is 13.4. The molecule has 1 N–H and O–H groups in total. The first-order valence-corrected chi connectivity index (χ1v) is 7.13. The molecule has 4 nitrogen and oxygen atoms in total. The third kappa shape index (κ3) is 3.56. The summed E-state index contributed by atoms with van der Waals surface area (Å²) in [7, 11) is -3.32. The van der Waals surface area contributed by atoms with E-state index in [9.17, 15) is 13.2 Å². The van der Waals surface area contributed by atoms with E-state index in [0.29, 0.717) is 5.56 Å². The molecule has 1 atom stereocenters. The number of rotatable bonds is 4. The Balaban J connectivity index is 3.21. The molecule has 0 fully saturated rings. The zero-order valence-electron chi connectivity index (χ0n) is 10.1. The highest BCUT2D eigenvalue weighted by Crippen LogP contribution is 2.20. The monoisotopic (exact) mass is 256 g/mol. The molecule has 0 aliphatic heterocycles. The average Bonchev–Trinajstić information content (AvgIpc) is 2.18. The highest BCUT2D eigenvalue weighted by molar-refractivity contribution is 7.90. The molecule has 1 aromatic carbocycles. The summed E-state index contributed by atoms with van der Waals surface area (Å²) >= 11 is 0. The maximum Gasteiger partial charge on any atom is 0.306 e. The topological polar surface area (TPSA) is 71.4 Å². The highest BCUT2D eigenvalue weighted by Gasteiger charge is 2.18. The van der Waals surface area contributed by atoms with Crippen LogP contribution in [0.5, 0.6) is 0 Å². The molecule has 0 aliphatic rings. The summed E-state index contributed by atoms with van der Waals surface area (Å²) in [5.41, 5.74) is 1.41. The minimum Gasteiger partial charge on any atom is -0.481 e. The van der Waals surface area contributed by atoms with Crippen molar-refractivity contribution in [1.29, 1.82) is 0 Å². The van der Waals surface area contributed by atoms with E-state index >= 15 is 0 Å². The molecule has 0 aromatic heterocycles. The summed E-state index contributed by atoms with van der Waals surface area (Å²) in [6, 6.07) is 5.06. The Morgan fingerprint density at radius 2 is 2.00 bits per heavy atom. The van der Waals surface area contributed by atoms with Crippen LogP contribution >= 0.6 is 0 Å². The number of hydrogen-bond donors (Lipinski definition) is 1. The lowest BCUT2D eigenvalue weighted by Crippen LogP contribution is -2.14. The third-order valence-corrected chi connectivity index (χ3v) is 3.75. The number of hydrogen-bond acceptors (Lipinski definition) is 3. The van der Waals surface area contributed by atoms with Gasteiger partial charge in [-0.2, -0.15) is 0 Å². The fourth-order valence-corrected chi connectivity index (χ4v) is 2.62. The Morgan fingerprint density at radius 1 is 1.41 bits per heavy atom. The number of carboxylic acids is 1. The van der Waals surface area contributed by atoms with Crippen LogP contribution in [0.25, 0.3) is 0 Å². The molecule has 0 radical (unpaired) electrons. The van der Waals surface area contributed by atoms with Crippen molar-refractivity contribution in [2.24, 2.45) is 5.92 Å². The van der Waals surface area contributed by atoms with Crippen molar-refractivity contribution in [2.45, 2.75) is 25.2 Å². The van der Waals surface area contributed by atoms with E-state index in [-0.39, 0.29) is 11.3 Å². The van der Waals surface area contributed by atoms with Crippen molar-refractivity contribution in [1.82, 2.24) is 0 Å². The van der Waals surface area contributed by atoms with Crippen LogP contribution in [-0.4, -0.2) is 25.7 Å². The van der Waals surface area contributed by atoms with E-state index < -0.39 is 21.7 Å². The minimum absolute atomic E-state index is 0.220. The van der Waals surface area contributed by atoms with Gasteiger partial charge in [0.25, 0.3) is 0 Å². The van der Waals surface area contributed by atoms with Crippen molar-refractivity contribution >= 4 is 15.8 Å². The summed E-state index contributed by atoms with van der Waals surface area (Å²) in [4.78, 5) is 11.0. The van der Waals surface area contributed by atoms with E-state index in [1.54, 1.807) is 32.0 Å². The van der Waals surface area contributed by atoms with E-state index in [2.05, 4.69) is 0 Å². The number of carboxylic acid groups (broad SMARTS) is 1. The number of carbonyl (C=O) groups is 1. The molecule has 0 saturated carbocycles. The summed E-state index contributed by atoms with van der Waals surface area (Å²) < 4.78 is 23.2. The molecule has 0 amide bonds. The molecule has 0 saturated heterocycles. The maximum absolute atomic E-state index is 11.6. The van der Waals surface area contributed by atoms with Gasteiger partial charge in [-0.3, -0.25) is 4.79 Å². The Hall–Kier alpha value is -1.36. The SMILES string of the molecule is Cc1ccc(CC(C)C(=O)O)c(S(C)(=O)=O)c1. The predicted molar refractivity (Wildman–Crippen MR) is 64.8 cm³/mol. The van der Waals surface area contributed by atoms with Gasteiger partial charge in [0.05, 0.1) is 10.8 Å². The number of aliphatic carboxylic acids is 1. The first kappa shape index (κ1) is 13.7. The molecule has 5 heteroatoms. The molecule has 0 spiro atoms. The average molecular weight is 256 g/mol. The molecule has 1 aromatic rings. The standard InChI is InChI=1S/C12H16O4S/c1-8-4-5-10(7-9(2)12(13)14)11(6-8)17(3,15)16/h4-6,9H,7H2,1-3H3,(H,13,14). The van der Waals surface area contributed by atoms with Crippen molar-refractivity contribution in [2.75, 3.05) is 6.26 Å². The minimum atomic E-state index is -3.32. The van der Waals surface area contributed by atoms with Gasteiger partial charge in [-0.25, -0.2) is 8.42 Å². The van der Waals surface area contributed by atoms with Gasteiger partial charge in [0, 0.05) is 6.26 Å². The van der Waals surface area contributed by atoms with Crippen LogP contribution in [0, 0.1) is 12.8 Å². The van der Waals surface area contributed by atoms with Crippen LogP contribution in [0.15, 0.2) is 23.1 Å². The Labute approximate surface area is 101 Å². The van der Waals surface area contributed by atoms with Gasteiger partial charge in [0.1, 0.15) is 0 Å². The quantitative estimate of drug-likeness (QED) is 0.889. The Morgan fingerprint density at radius 3 is 2.47 bits per heavy atom. The van der Waals surface area contributed by atoms with Gasteiger partial charge < -0.3 is 5.11 Å².